The van der Waals surface area contributed by atoms with Gasteiger partial charge in [0.05, 0.1) is 5.55 Å². The van der Waals surface area contributed by atoms with E-state index in [9.17, 15) is 0 Å². The lowest BCUT2D eigenvalue weighted by atomic mass is 10.3. The Morgan fingerprint density at radius 2 is 2.71 bits per heavy atom. The molecule has 1 nitrogen and oxygen atoms in total. The van der Waals surface area contributed by atoms with Crippen molar-refractivity contribution in [3.63, 3.8) is 0 Å². The minimum atomic E-state index is 0.584. The standard InChI is InChI=1S/C5H9NS/c1-5-2-3-7-4-6-5/h4-5H,2-3H2,1H3. The van der Waals surface area contributed by atoms with Gasteiger partial charge in [-0.25, -0.2) is 0 Å². The second-order valence-electron chi connectivity index (χ2n) is 1.76. The molecule has 2 heteroatoms. The van der Waals surface area contributed by atoms with Crippen molar-refractivity contribution >= 4 is 17.3 Å². The Bertz CT molecular complexity index is 80.1. The lowest BCUT2D eigenvalue weighted by Gasteiger charge is -2.07. The average Bonchev–Trinajstić information content (AvgIpc) is 1.69. The van der Waals surface area contributed by atoms with Crippen LogP contribution < -0.4 is 0 Å². The van der Waals surface area contributed by atoms with E-state index in [2.05, 4.69) is 11.9 Å². The predicted molar refractivity (Wildman–Crippen MR) is 35.0 cm³/mol. The molecule has 0 saturated carbocycles. The van der Waals surface area contributed by atoms with E-state index in [1.807, 2.05) is 5.55 Å². The van der Waals surface area contributed by atoms with Gasteiger partial charge in [-0.3, -0.25) is 4.99 Å². The molecule has 7 heavy (non-hydrogen) atoms. The number of nitrogens with zero attached hydrogens (tertiary/aromatic N) is 1. The first-order valence-electron chi connectivity index (χ1n) is 2.53. The van der Waals surface area contributed by atoms with Gasteiger partial charge in [-0.15, -0.1) is 11.8 Å². The van der Waals surface area contributed by atoms with Gasteiger partial charge in [0, 0.05) is 11.8 Å². The molecule has 0 N–H and O–H groups in total. The third-order valence-electron chi connectivity index (χ3n) is 1.04. The maximum atomic E-state index is 4.17. The Morgan fingerprint density at radius 3 is 3.00 bits per heavy atom. The summed E-state index contributed by atoms with van der Waals surface area (Å²) < 4.78 is 0. The summed E-state index contributed by atoms with van der Waals surface area (Å²) in [7, 11) is 0. The first-order chi connectivity index (χ1) is 3.39. The van der Waals surface area contributed by atoms with E-state index in [0.29, 0.717) is 6.04 Å². The van der Waals surface area contributed by atoms with Gasteiger partial charge >= 0.3 is 0 Å². The lowest BCUT2D eigenvalue weighted by Crippen LogP contribution is -2.03. The van der Waals surface area contributed by atoms with Crippen LogP contribution in [0, 0.1) is 0 Å². The van der Waals surface area contributed by atoms with Crippen molar-refractivity contribution in [3.05, 3.63) is 0 Å². The van der Waals surface area contributed by atoms with Crippen molar-refractivity contribution in [2.75, 3.05) is 5.75 Å². The quantitative estimate of drug-likeness (QED) is 0.466. The van der Waals surface area contributed by atoms with Crippen LogP contribution in [-0.2, 0) is 0 Å². The Labute approximate surface area is 48.2 Å². The van der Waals surface area contributed by atoms with E-state index in [-0.39, 0.29) is 0 Å². The summed E-state index contributed by atoms with van der Waals surface area (Å²) in [5.74, 6) is 1.25. The molecule has 0 aliphatic carbocycles. The maximum absolute atomic E-state index is 4.17. The van der Waals surface area contributed by atoms with Crippen molar-refractivity contribution in [2.24, 2.45) is 4.99 Å². The highest BCUT2D eigenvalue weighted by atomic mass is 32.2. The Hall–Kier alpha value is 0.0200. The van der Waals surface area contributed by atoms with Crippen LogP contribution in [0.1, 0.15) is 13.3 Å². The first-order valence-corrected chi connectivity index (χ1v) is 3.58. The fraction of sp³-hybridized carbons (Fsp3) is 0.800. The van der Waals surface area contributed by atoms with E-state index in [1.54, 1.807) is 11.8 Å². The van der Waals surface area contributed by atoms with Gasteiger partial charge in [0.15, 0.2) is 0 Å². The Morgan fingerprint density at radius 1 is 1.86 bits per heavy atom. The summed E-state index contributed by atoms with van der Waals surface area (Å²) in [5.41, 5.74) is 1.95. The van der Waals surface area contributed by atoms with Gasteiger partial charge in [-0.05, 0) is 13.3 Å². The second-order valence-corrected chi connectivity index (χ2v) is 2.72. The zero-order chi connectivity index (χ0) is 5.11. The largest absolute Gasteiger partial charge is 0.283 e. The van der Waals surface area contributed by atoms with Crippen LogP contribution in [0.5, 0.6) is 0 Å². The molecular weight excluding hydrogens is 106 g/mol. The van der Waals surface area contributed by atoms with E-state index >= 15 is 0 Å². The zero-order valence-corrected chi connectivity index (χ0v) is 5.24. The van der Waals surface area contributed by atoms with Crippen LogP contribution in [-0.4, -0.2) is 17.3 Å². The van der Waals surface area contributed by atoms with E-state index in [0.717, 1.165) is 0 Å². The molecule has 40 valence electrons. The smallest absolute Gasteiger partial charge is 0.0544 e. The Kier molecular flexibility index (Phi) is 1.74. The van der Waals surface area contributed by atoms with Crippen molar-refractivity contribution in [3.8, 4) is 0 Å². The van der Waals surface area contributed by atoms with Crippen LogP contribution in [0.3, 0.4) is 0 Å². The minimum absolute atomic E-state index is 0.584. The zero-order valence-electron chi connectivity index (χ0n) is 4.42. The van der Waals surface area contributed by atoms with Gasteiger partial charge in [0.1, 0.15) is 0 Å². The molecule has 0 saturated heterocycles. The predicted octanol–water partition coefficient (Wildman–Crippen LogP) is 1.54. The number of hydrogen-bond acceptors (Lipinski definition) is 2. The lowest BCUT2D eigenvalue weighted by molar-refractivity contribution is 0.724. The summed E-state index contributed by atoms with van der Waals surface area (Å²) in [5, 5.41) is 0. The molecule has 0 fully saturated rings. The first kappa shape index (κ1) is 5.16. The number of thioether (sulfide) groups is 1. The Balaban J connectivity index is 2.36. The summed E-state index contributed by atoms with van der Waals surface area (Å²) in [6.07, 6.45) is 1.25. The number of aliphatic imine (C=N–C) groups is 1. The van der Waals surface area contributed by atoms with Crippen LogP contribution in [0.2, 0.25) is 0 Å². The number of rotatable bonds is 0. The molecule has 0 aromatic heterocycles. The highest BCUT2D eigenvalue weighted by Crippen LogP contribution is 2.09. The molecule has 0 amide bonds. The second kappa shape index (κ2) is 2.36. The minimum Gasteiger partial charge on any atom is -0.283 e. The van der Waals surface area contributed by atoms with Gasteiger partial charge in [-0.2, -0.15) is 0 Å². The van der Waals surface area contributed by atoms with Crippen molar-refractivity contribution < 1.29 is 0 Å². The third kappa shape index (κ3) is 1.51. The topological polar surface area (TPSA) is 12.4 Å². The molecule has 0 spiro atoms. The fourth-order valence-electron chi connectivity index (χ4n) is 0.513. The molecule has 0 bridgehead atoms. The van der Waals surface area contributed by atoms with Crippen LogP contribution in [0.15, 0.2) is 4.99 Å². The molecule has 1 unspecified atom stereocenters. The summed E-state index contributed by atoms with van der Waals surface area (Å²) >= 11 is 1.81. The van der Waals surface area contributed by atoms with E-state index in [4.69, 9.17) is 0 Å². The molecular formula is C5H9NS. The van der Waals surface area contributed by atoms with Gasteiger partial charge in [0.2, 0.25) is 0 Å². The highest BCUT2D eigenvalue weighted by Gasteiger charge is 2.00. The third-order valence-corrected chi connectivity index (χ3v) is 1.79. The molecule has 0 aromatic carbocycles. The monoisotopic (exact) mass is 115 g/mol. The van der Waals surface area contributed by atoms with Gasteiger partial charge < -0.3 is 0 Å². The van der Waals surface area contributed by atoms with Crippen LogP contribution in [0.4, 0.5) is 0 Å². The fourth-order valence-corrected chi connectivity index (χ4v) is 1.39. The molecule has 0 radical (unpaired) electrons. The molecule has 1 rings (SSSR count). The normalized spacial score (nSPS) is 30.7. The summed E-state index contributed by atoms with van der Waals surface area (Å²) in [6, 6.07) is 0.584. The van der Waals surface area contributed by atoms with Crippen LogP contribution in [0.25, 0.3) is 0 Å². The molecule has 1 aliphatic rings. The van der Waals surface area contributed by atoms with Crippen molar-refractivity contribution in [2.45, 2.75) is 19.4 Å². The van der Waals surface area contributed by atoms with Crippen molar-refractivity contribution in [1.82, 2.24) is 0 Å². The van der Waals surface area contributed by atoms with Gasteiger partial charge in [-0.1, -0.05) is 0 Å². The van der Waals surface area contributed by atoms with E-state index in [1.165, 1.54) is 12.2 Å². The maximum Gasteiger partial charge on any atom is 0.0544 e. The van der Waals surface area contributed by atoms with Crippen LogP contribution >= 0.6 is 11.8 Å². The molecule has 1 aliphatic heterocycles. The number of hydrogen-bond donors (Lipinski definition) is 0. The van der Waals surface area contributed by atoms with Gasteiger partial charge in [0.25, 0.3) is 0 Å². The summed E-state index contributed by atoms with van der Waals surface area (Å²) in [4.78, 5) is 4.17. The average molecular weight is 115 g/mol. The molecule has 0 aromatic rings. The van der Waals surface area contributed by atoms with Crippen molar-refractivity contribution in [1.29, 1.82) is 0 Å². The highest BCUT2D eigenvalue weighted by molar-refractivity contribution is 8.12. The SMILES string of the molecule is CC1CCSC=N1. The molecule has 1 heterocycles. The molecule has 1 atom stereocenters. The summed E-state index contributed by atoms with van der Waals surface area (Å²) in [6.45, 7) is 2.15. The van der Waals surface area contributed by atoms with E-state index < -0.39 is 0 Å².